The zero-order valence-corrected chi connectivity index (χ0v) is 10.5. The second kappa shape index (κ2) is 10.0. The molecule has 1 saturated heterocycles. The fourth-order valence-corrected chi connectivity index (χ4v) is 1.03. The van der Waals surface area contributed by atoms with E-state index in [1.165, 1.54) is 0 Å². The lowest BCUT2D eigenvalue weighted by Crippen LogP contribution is -2.37. The Morgan fingerprint density at radius 3 is 2.24 bits per heavy atom. The number of carboxylic acid groups (broad SMARTS) is 1. The topological polar surface area (TPSA) is 76.1 Å². The predicted octanol–water partition coefficient (Wildman–Crippen LogP) is 1.06. The molecular weight excluding hydrogens is 226 g/mol. The van der Waals surface area contributed by atoms with Crippen LogP contribution in [0.25, 0.3) is 0 Å². The van der Waals surface area contributed by atoms with E-state index in [9.17, 15) is 9.59 Å². The van der Waals surface area contributed by atoms with Crippen molar-refractivity contribution in [3.05, 3.63) is 0 Å². The van der Waals surface area contributed by atoms with Gasteiger partial charge in [-0.05, 0) is 6.42 Å². The largest absolute Gasteiger partial charge is 0.481 e. The van der Waals surface area contributed by atoms with Crippen molar-refractivity contribution in [3.63, 3.8) is 0 Å². The number of nitrogens with zero attached hydrogens (tertiary/aromatic N) is 1. The number of carboxylic acids is 1. The Bertz CT molecular complexity index is 226. The van der Waals surface area contributed by atoms with Crippen molar-refractivity contribution in [2.24, 2.45) is 0 Å². The fraction of sp³-hybridized carbons (Fsp3) is 0.818. The van der Waals surface area contributed by atoms with Gasteiger partial charge in [0.1, 0.15) is 0 Å². The number of hydroxylamine groups is 2. The molecule has 0 aromatic carbocycles. The molecule has 0 radical (unpaired) electrons. The van der Waals surface area contributed by atoms with Crippen LogP contribution in [0.1, 0.15) is 33.1 Å². The summed E-state index contributed by atoms with van der Waals surface area (Å²) in [6, 6.07) is 0. The summed E-state index contributed by atoms with van der Waals surface area (Å²) in [4.78, 5) is 25.4. The number of aliphatic carboxylic acids is 1. The minimum atomic E-state index is -0.745. The highest BCUT2D eigenvalue weighted by Crippen LogP contribution is 2.00. The highest BCUT2D eigenvalue weighted by molar-refractivity contribution is 5.68. The maximum atomic E-state index is 11.0. The highest BCUT2D eigenvalue weighted by atomic mass is 16.7. The summed E-state index contributed by atoms with van der Waals surface area (Å²) in [5, 5.41) is 9.39. The van der Waals surface area contributed by atoms with Gasteiger partial charge in [0.2, 0.25) is 0 Å². The molecule has 1 fully saturated rings. The molecule has 6 nitrogen and oxygen atoms in total. The number of hydrogen-bond donors (Lipinski definition) is 1. The van der Waals surface area contributed by atoms with Gasteiger partial charge < -0.3 is 14.7 Å². The van der Waals surface area contributed by atoms with Crippen LogP contribution in [0.15, 0.2) is 0 Å². The van der Waals surface area contributed by atoms with Crippen molar-refractivity contribution in [2.45, 2.75) is 33.1 Å². The molecule has 100 valence electrons. The summed E-state index contributed by atoms with van der Waals surface area (Å²) in [6.07, 6.45) is 1.56. The maximum Gasteiger partial charge on any atom is 0.325 e. The lowest BCUT2D eigenvalue weighted by atomic mass is 10.3. The number of morpholine rings is 1. The quantitative estimate of drug-likeness (QED) is 0.800. The Kier molecular flexibility index (Phi) is 9.37. The third-order valence-electron chi connectivity index (χ3n) is 1.96. The smallest absolute Gasteiger partial charge is 0.325 e. The normalized spacial score (nSPS) is 15.6. The predicted molar refractivity (Wildman–Crippen MR) is 61.3 cm³/mol. The van der Waals surface area contributed by atoms with E-state index in [1.54, 1.807) is 12.0 Å². The van der Waals surface area contributed by atoms with Crippen molar-refractivity contribution in [1.82, 2.24) is 5.06 Å². The Morgan fingerprint density at radius 1 is 1.29 bits per heavy atom. The van der Waals surface area contributed by atoms with Gasteiger partial charge in [-0.25, -0.2) is 0 Å². The molecule has 0 atom stereocenters. The first-order valence-electron chi connectivity index (χ1n) is 5.85. The van der Waals surface area contributed by atoms with Gasteiger partial charge in [-0.2, -0.15) is 0 Å². The standard InChI is InChI=1S/C8H15NO3.C3H6O2/c1-2-3-8(10)12-9-4-6-11-7-5-9;1-2-3(4)5/h2-7H2,1H3;2H2,1H3,(H,4,5). The van der Waals surface area contributed by atoms with Gasteiger partial charge in [-0.1, -0.05) is 13.8 Å². The van der Waals surface area contributed by atoms with Crippen LogP contribution in [-0.4, -0.2) is 48.4 Å². The maximum absolute atomic E-state index is 11.0. The summed E-state index contributed by atoms with van der Waals surface area (Å²) in [5.74, 6) is -0.885. The van der Waals surface area contributed by atoms with Crippen LogP contribution in [0.4, 0.5) is 0 Å². The SMILES string of the molecule is CCC(=O)O.CCCC(=O)ON1CCOCC1. The van der Waals surface area contributed by atoms with E-state index in [4.69, 9.17) is 14.7 Å². The van der Waals surface area contributed by atoms with Crippen LogP contribution in [0.3, 0.4) is 0 Å². The second-order valence-electron chi connectivity index (χ2n) is 3.50. The van der Waals surface area contributed by atoms with Crippen molar-refractivity contribution >= 4 is 11.9 Å². The number of ether oxygens (including phenoxy) is 1. The molecule has 0 bridgehead atoms. The lowest BCUT2D eigenvalue weighted by molar-refractivity contribution is -0.205. The second-order valence-corrected chi connectivity index (χ2v) is 3.50. The van der Waals surface area contributed by atoms with E-state index in [1.807, 2.05) is 6.92 Å². The zero-order valence-electron chi connectivity index (χ0n) is 10.5. The van der Waals surface area contributed by atoms with Crippen LogP contribution in [0.5, 0.6) is 0 Å². The van der Waals surface area contributed by atoms with Gasteiger partial charge >= 0.3 is 11.9 Å². The van der Waals surface area contributed by atoms with Crippen molar-refractivity contribution in [1.29, 1.82) is 0 Å². The van der Waals surface area contributed by atoms with E-state index in [-0.39, 0.29) is 12.4 Å². The molecular formula is C11H21NO5. The summed E-state index contributed by atoms with van der Waals surface area (Å²) in [7, 11) is 0. The number of carbonyl (C=O) groups is 2. The monoisotopic (exact) mass is 247 g/mol. The third kappa shape index (κ3) is 9.77. The Hall–Kier alpha value is -1.14. The van der Waals surface area contributed by atoms with E-state index in [2.05, 4.69) is 0 Å². The van der Waals surface area contributed by atoms with Gasteiger partial charge in [0.05, 0.1) is 26.3 Å². The molecule has 0 unspecified atom stereocenters. The molecule has 0 amide bonds. The van der Waals surface area contributed by atoms with Crippen LogP contribution < -0.4 is 0 Å². The summed E-state index contributed by atoms with van der Waals surface area (Å²) >= 11 is 0. The molecule has 0 aliphatic carbocycles. The first-order chi connectivity index (χ1) is 8.10. The van der Waals surface area contributed by atoms with Crippen LogP contribution in [0.2, 0.25) is 0 Å². The van der Waals surface area contributed by atoms with Crippen LogP contribution >= 0.6 is 0 Å². The minimum Gasteiger partial charge on any atom is -0.481 e. The molecule has 0 aromatic rings. The van der Waals surface area contributed by atoms with Gasteiger partial charge in [0, 0.05) is 12.8 Å². The summed E-state index contributed by atoms with van der Waals surface area (Å²) < 4.78 is 5.11. The Labute approximate surface area is 101 Å². The first kappa shape index (κ1) is 15.9. The minimum absolute atomic E-state index is 0.139. The molecule has 1 N–H and O–H groups in total. The highest BCUT2D eigenvalue weighted by Gasteiger charge is 2.14. The average molecular weight is 247 g/mol. The van der Waals surface area contributed by atoms with Crippen molar-refractivity contribution < 1.29 is 24.3 Å². The van der Waals surface area contributed by atoms with Crippen molar-refractivity contribution in [2.75, 3.05) is 26.3 Å². The van der Waals surface area contributed by atoms with Gasteiger partial charge in [-0.3, -0.25) is 9.59 Å². The summed E-state index contributed by atoms with van der Waals surface area (Å²) in [6.45, 7) is 6.24. The fourth-order valence-electron chi connectivity index (χ4n) is 1.03. The van der Waals surface area contributed by atoms with E-state index in [0.717, 1.165) is 6.42 Å². The molecule has 1 aliphatic rings. The van der Waals surface area contributed by atoms with Crippen molar-refractivity contribution in [3.8, 4) is 0 Å². The van der Waals surface area contributed by atoms with E-state index < -0.39 is 5.97 Å². The Balaban J connectivity index is 0.000000437. The molecule has 0 spiro atoms. The average Bonchev–Trinajstić information content (AvgIpc) is 2.31. The zero-order chi connectivity index (χ0) is 13.1. The summed E-state index contributed by atoms with van der Waals surface area (Å²) in [5.41, 5.74) is 0. The Morgan fingerprint density at radius 2 is 1.82 bits per heavy atom. The number of rotatable bonds is 4. The molecule has 6 heteroatoms. The van der Waals surface area contributed by atoms with Gasteiger partial charge in [0.15, 0.2) is 0 Å². The number of carbonyl (C=O) groups excluding carboxylic acids is 1. The third-order valence-corrected chi connectivity index (χ3v) is 1.96. The van der Waals surface area contributed by atoms with E-state index >= 15 is 0 Å². The van der Waals surface area contributed by atoms with E-state index in [0.29, 0.717) is 32.7 Å². The molecule has 1 rings (SSSR count). The molecule has 1 aliphatic heterocycles. The van der Waals surface area contributed by atoms with Gasteiger partial charge in [-0.15, -0.1) is 5.06 Å². The molecule has 0 aromatic heterocycles. The molecule has 17 heavy (non-hydrogen) atoms. The molecule has 0 saturated carbocycles. The van der Waals surface area contributed by atoms with Gasteiger partial charge in [0.25, 0.3) is 0 Å². The first-order valence-corrected chi connectivity index (χ1v) is 5.85. The molecule has 1 heterocycles. The van der Waals surface area contributed by atoms with Crippen LogP contribution in [-0.2, 0) is 19.2 Å². The lowest BCUT2D eigenvalue weighted by Gasteiger charge is -2.24. The van der Waals surface area contributed by atoms with Crippen LogP contribution in [0, 0.1) is 0 Å². The number of hydrogen-bond acceptors (Lipinski definition) is 5.